The van der Waals surface area contributed by atoms with E-state index in [1.165, 1.54) is 14.2 Å². The van der Waals surface area contributed by atoms with Crippen molar-refractivity contribution >= 4 is 18.5 Å². The molecule has 8 nitrogen and oxygen atoms in total. The highest BCUT2D eigenvalue weighted by Crippen LogP contribution is 2.32. The van der Waals surface area contributed by atoms with Crippen LogP contribution in [0.4, 0.5) is 9.59 Å². The van der Waals surface area contributed by atoms with Crippen LogP contribution in [0.1, 0.15) is 42.3 Å². The predicted octanol–water partition coefficient (Wildman–Crippen LogP) is 4.63. The summed E-state index contributed by atoms with van der Waals surface area (Å²) in [6.07, 6.45) is -0.823. The van der Waals surface area contributed by atoms with Crippen molar-refractivity contribution in [3.63, 3.8) is 0 Å². The summed E-state index contributed by atoms with van der Waals surface area (Å²) in [7, 11) is 2.90. The molecule has 0 fully saturated rings. The number of ether oxygens (including phenoxy) is 4. The van der Waals surface area contributed by atoms with Gasteiger partial charge < -0.3 is 18.9 Å². The Morgan fingerprint density at radius 3 is 2.22 bits per heavy atom. The number of methoxy groups -OCH3 is 2. The molecule has 172 valence electrons. The second-order valence-corrected chi connectivity index (χ2v) is 7.91. The van der Waals surface area contributed by atoms with Gasteiger partial charge in [0.15, 0.2) is 17.8 Å². The molecule has 2 rings (SSSR count). The van der Waals surface area contributed by atoms with Crippen molar-refractivity contribution in [3.8, 4) is 11.5 Å². The fourth-order valence-electron chi connectivity index (χ4n) is 2.94. The van der Waals surface area contributed by atoms with Gasteiger partial charge in [0.2, 0.25) is 0 Å². The van der Waals surface area contributed by atoms with E-state index < -0.39 is 17.8 Å². The fourth-order valence-corrected chi connectivity index (χ4v) is 2.94. The number of hydrogen-bond acceptors (Lipinski definition) is 7. The zero-order chi connectivity index (χ0) is 23.7. The third kappa shape index (κ3) is 6.73. The molecule has 0 heterocycles. The average Bonchev–Trinajstić information content (AvgIpc) is 2.76. The summed E-state index contributed by atoms with van der Waals surface area (Å²) in [5.41, 5.74) is 0.857. The van der Waals surface area contributed by atoms with Gasteiger partial charge in [-0.2, -0.15) is 0 Å². The maximum absolute atomic E-state index is 12.7. The van der Waals surface area contributed by atoms with E-state index in [0.29, 0.717) is 17.6 Å². The summed E-state index contributed by atoms with van der Waals surface area (Å²) >= 11 is 0. The summed E-state index contributed by atoms with van der Waals surface area (Å²) in [5, 5.41) is 0. The first-order chi connectivity index (χ1) is 15.2. The number of imide groups is 1. The summed E-state index contributed by atoms with van der Waals surface area (Å²) < 4.78 is 21.2. The van der Waals surface area contributed by atoms with E-state index in [-0.39, 0.29) is 30.9 Å². The summed E-state index contributed by atoms with van der Waals surface area (Å²) in [5.74, 6) is 0.695. The Morgan fingerprint density at radius 2 is 1.66 bits per heavy atom. The van der Waals surface area contributed by atoms with Gasteiger partial charge in [-0.1, -0.05) is 36.4 Å². The van der Waals surface area contributed by atoms with E-state index >= 15 is 0 Å². The molecule has 0 radical (unpaired) electrons. The molecule has 0 saturated heterocycles. The maximum atomic E-state index is 12.7. The minimum atomic E-state index is -0.837. The lowest BCUT2D eigenvalue weighted by molar-refractivity contribution is 0.0211. The molecule has 32 heavy (non-hydrogen) atoms. The lowest BCUT2D eigenvalue weighted by Crippen LogP contribution is -2.42. The smallest absolute Gasteiger partial charge is 0.419 e. The van der Waals surface area contributed by atoms with Crippen molar-refractivity contribution in [1.82, 2.24) is 4.90 Å². The molecule has 2 amide bonds. The van der Waals surface area contributed by atoms with Gasteiger partial charge in [0, 0.05) is 6.54 Å². The maximum Gasteiger partial charge on any atom is 0.419 e. The highest BCUT2D eigenvalue weighted by atomic mass is 16.6. The standard InChI is InChI=1S/C24H29NO7/c1-24(2,3)32-23(28)25(22(27)31-16-17-9-7-6-8-10-17)14-13-18-11-12-20(29-4)21(30-5)19(18)15-26/h6-12,15H,13-14,16H2,1-5H3. The van der Waals surface area contributed by atoms with Crippen molar-refractivity contribution in [2.75, 3.05) is 20.8 Å². The molecule has 2 aromatic rings. The van der Waals surface area contributed by atoms with Gasteiger partial charge >= 0.3 is 12.2 Å². The fraction of sp³-hybridized carbons (Fsp3) is 0.375. The minimum absolute atomic E-state index is 0.00885. The highest BCUT2D eigenvalue weighted by molar-refractivity contribution is 5.88. The van der Waals surface area contributed by atoms with Gasteiger partial charge in [-0.15, -0.1) is 0 Å². The van der Waals surface area contributed by atoms with Crippen molar-refractivity contribution in [2.24, 2.45) is 0 Å². The number of carbonyl (C=O) groups is 3. The number of rotatable bonds is 8. The zero-order valence-corrected chi connectivity index (χ0v) is 19.0. The minimum Gasteiger partial charge on any atom is -0.493 e. The van der Waals surface area contributed by atoms with E-state index in [2.05, 4.69) is 0 Å². The largest absolute Gasteiger partial charge is 0.493 e. The molecule has 0 N–H and O–H groups in total. The molecule has 8 heteroatoms. The van der Waals surface area contributed by atoms with Gasteiger partial charge in [-0.05, 0) is 44.4 Å². The van der Waals surface area contributed by atoms with Crippen molar-refractivity contribution < 1.29 is 33.3 Å². The molecule has 0 aliphatic heterocycles. The van der Waals surface area contributed by atoms with Crippen molar-refractivity contribution in [1.29, 1.82) is 0 Å². The van der Waals surface area contributed by atoms with E-state index in [0.717, 1.165) is 10.5 Å². The van der Waals surface area contributed by atoms with E-state index in [1.807, 2.05) is 30.3 Å². The van der Waals surface area contributed by atoms with Crippen LogP contribution in [0, 0.1) is 0 Å². The second-order valence-electron chi connectivity index (χ2n) is 7.91. The molecular weight excluding hydrogens is 414 g/mol. The first kappa shape index (κ1) is 24.7. The highest BCUT2D eigenvalue weighted by Gasteiger charge is 2.29. The van der Waals surface area contributed by atoms with Crippen LogP contribution in [-0.4, -0.2) is 49.7 Å². The Morgan fingerprint density at radius 1 is 0.969 bits per heavy atom. The van der Waals surface area contributed by atoms with Crippen molar-refractivity contribution in [3.05, 3.63) is 59.2 Å². The van der Waals surface area contributed by atoms with Crippen LogP contribution < -0.4 is 9.47 Å². The summed E-state index contributed by atoms with van der Waals surface area (Å²) in [6, 6.07) is 12.5. The Kier molecular flexibility index (Phi) is 8.63. The lowest BCUT2D eigenvalue weighted by Gasteiger charge is -2.26. The Bertz CT molecular complexity index is 935. The molecule has 0 saturated carbocycles. The quantitative estimate of drug-likeness (QED) is 0.549. The van der Waals surface area contributed by atoms with Crippen LogP contribution in [-0.2, 0) is 22.5 Å². The SMILES string of the molecule is COc1ccc(CCN(C(=O)OCc2ccccc2)C(=O)OC(C)(C)C)c(C=O)c1OC. The number of nitrogens with zero attached hydrogens (tertiary/aromatic N) is 1. The first-order valence-corrected chi connectivity index (χ1v) is 10.1. The zero-order valence-electron chi connectivity index (χ0n) is 19.0. The molecule has 0 unspecified atom stereocenters. The number of carbonyl (C=O) groups excluding carboxylic acids is 3. The van der Waals surface area contributed by atoms with Crippen LogP contribution in [0.3, 0.4) is 0 Å². The Hall–Kier alpha value is -3.55. The molecule has 0 aliphatic carbocycles. The number of aldehydes is 1. The van der Waals surface area contributed by atoms with E-state index in [1.54, 1.807) is 32.9 Å². The summed E-state index contributed by atoms with van der Waals surface area (Å²) in [4.78, 5) is 38.0. The van der Waals surface area contributed by atoms with Crippen molar-refractivity contribution in [2.45, 2.75) is 39.4 Å². The third-order valence-corrected chi connectivity index (χ3v) is 4.44. The Labute approximate surface area is 188 Å². The number of benzene rings is 2. The molecular formula is C24H29NO7. The number of amides is 2. The van der Waals surface area contributed by atoms with Gasteiger partial charge in [-0.25, -0.2) is 14.5 Å². The van der Waals surface area contributed by atoms with Gasteiger partial charge in [-0.3, -0.25) is 4.79 Å². The third-order valence-electron chi connectivity index (χ3n) is 4.44. The van der Waals surface area contributed by atoms with Crippen LogP contribution in [0.5, 0.6) is 11.5 Å². The van der Waals surface area contributed by atoms with E-state index in [9.17, 15) is 14.4 Å². The molecule has 0 aliphatic rings. The van der Waals surface area contributed by atoms with Crippen LogP contribution in [0.15, 0.2) is 42.5 Å². The lowest BCUT2D eigenvalue weighted by atomic mass is 10.0. The van der Waals surface area contributed by atoms with Gasteiger partial charge in [0.1, 0.15) is 12.2 Å². The predicted molar refractivity (Wildman–Crippen MR) is 118 cm³/mol. The van der Waals surface area contributed by atoms with E-state index in [4.69, 9.17) is 18.9 Å². The summed E-state index contributed by atoms with van der Waals surface area (Å²) in [6.45, 7) is 5.07. The van der Waals surface area contributed by atoms with Gasteiger partial charge in [0.25, 0.3) is 0 Å². The monoisotopic (exact) mass is 443 g/mol. The average molecular weight is 443 g/mol. The topological polar surface area (TPSA) is 91.4 Å². The second kappa shape index (κ2) is 11.2. The molecule has 2 aromatic carbocycles. The molecule has 0 aromatic heterocycles. The normalized spacial score (nSPS) is 10.8. The molecule has 0 atom stereocenters. The molecule has 0 bridgehead atoms. The van der Waals surface area contributed by atoms with Crippen LogP contribution >= 0.6 is 0 Å². The molecule has 0 spiro atoms. The van der Waals surface area contributed by atoms with Gasteiger partial charge in [0.05, 0.1) is 19.8 Å². The first-order valence-electron chi connectivity index (χ1n) is 10.1. The number of hydrogen-bond donors (Lipinski definition) is 0. The van der Waals surface area contributed by atoms with Crippen LogP contribution in [0.25, 0.3) is 0 Å². The Balaban J connectivity index is 2.22. The van der Waals surface area contributed by atoms with Crippen LogP contribution in [0.2, 0.25) is 0 Å².